The molecular weight excluding hydrogens is 373 g/mol. The maximum atomic E-state index is 13.0. The van der Waals surface area contributed by atoms with Gasteiger partial charge >= 0.3 is 5.97 Å². The molecule has 1 saturated heterocycles. The molecule has 2 heterocycles. The Morgan fingerprint density at radius 1 is 1.26 bits per heavy atom. The highest BCUT2D eigenvalue weighted by molar-refractivity contribution is 7.99. The first-order valence-electron chi connectivity index (χ1n) is 8.32. The molecule has 0 spiro atoms. The van der Waals surface area contributed by atoms with Crippen molar-refractivity contribution in [2.24, 2.45) is 0 Å². The molecule has 0 radical (unpaired) electrons. The molecule has 1 fully saturated rings. The minimum absolute atomic E-state index is 0.245. The summed E-state index contributed by atoms with van der Waals surface area (Å²) in [6.45, 7) is 2.82. The molecule has 6 nitrogen and oxygen atoms in total. The number of nitrogens with zero attached hydrogens (tertiary/aromatic N) is 1. The predicted molar refractivity (Wildman–Crippen MR) is 96.5 cm³/mol. The molecule has 1 amide bonds. The number of esters is 1. The third-order valence-corrected chi connectivity index (χ3v) is 5.50. The van der Waals surface area contributed by atoms with Gasteiger partial charge in [0.2, 0.25) is 11.7 Å². The van der Waals surface area contributed by atoms with Gasteiger partial charge in [0.15, 0.2) is 6.10 Å². The molecule has 0 N–H and O–H groups in total. The van der Waals surface area contributed by atoms with E-state index >= 15 is 0 Å². The van der Waals surface area contributed by atoms with Crippen molar-refractivity contribution >= 4 is 29.4 Å². The molecule has 27 heavy (non-hydrogen) atoms. The summed E-state index contributed by atoms with van der Waals surface area (Å²) < 4.78 is 23.7. The third kappa shape index (κ3) is 4.05. The highest BCUT2D eigenvalue weighted by Gasteiger charge is 2.43. The number of hydrogen-bond donors (Lipinski definition) is 0. The Balaban J connectivity index is 1.70. The Labute approximate surface area is 159 Å². The lowest BCUT2D eigenvalue weighted by Crippen LogP contribution is -2.44. The second-order valence-corrected chi connectivity index (χ2v) is 7.21. The Bertz CT molecular complexity index is 836. The van der Waals surface area contributed by atoms with Crippen molar-refractivity contribution < 1.29 is 27.9 Å². The maximum Gasteiger partial charge on any atom is 0.330 e. The van der Waals surface area contributed by atoms with Crippen LogP contribution in [0.15, 0.2) is 47.1 Å². The fourth-order valence-electron chi connectivity index (χ4n) is 2.88. The molecule has 2 aromatic rings. The van der Waals surface area contributed by atoms with Gasteiger partial charge in [-0.05, 0) is 43.3 Å². The van der Waals surface area contributed by atoms with Gasteiger partial charge in [0.05, 0.1) is 6.26 Å². The molecule has 0 unspecified atom stereocenters. The fourth-order valence-corrected chi connectivity index (χ4v) is 4.29. The van der Waals surface area contributed by atoms with Crippen LogP contribution in [-0.4, -0.2) is 40.5 Å². The molecule has 1 aliphatic rings. The number of Topliss-reactive ketones (excluding diaryl/α,β-unsaturated/α-hetero) is 1. The van der Waals surface area contributed by atoms with Crippen LogP contribution >= 0.6 is 11.8 Å². The summed E-state index contributed by atoms with van der Waals surface area (Å²) in [5.41, 5.74) is 0.245. The highest BCUT2D eigenvalue weighted by Crippen LogP contribution is 2.41. The number of ether oxygens (including phenoxy) is 1. The van der Waals surface area contributed by atoms with E-state index in [1.165, 1.54) is 61.0 Å². The molecule has 1 aromatic heterocycles. The summed E-state index contributed by atoms with van der Waals surface area (Å²) in [6, 6.07) is 7.64. The van der Waals surface area contributed by atoms with Crippen LogP contribution in [0, 0.1) is 5.82 Å². The van der Waals surface area contributed by atoms with Gasteiger partial charge in [-0.1, -0.05) is 0 Å². The van der Waals surface area contributed by atoms with Gasteiger partial charge in [0, 0.05) is 18.2 Å². The number of ketones is 1. The summed E-state index contributed by atoms with van der Waals surface area (Å²) in [5.74, 6) is -0.941. The van der Waals surface area contributed by atoms with Crippen LogP contribution in [0.25, 0.3) is 0 Å². The lowest BCUT2D eigenvalue weighted by Gasteiger charge is -2.26. The number of halogens is 1. The topological polar surface area (TPSA) is 76.8 Å². The quantitative estimate of drug-likeness (QED) is 0.575. The summed E-state index contributed by atoms with van der Waals surface area (Å²) in [4.78, 5) is 38.5. The van der Waals surface area contributed by atoms with Gasteiger partial charge in [0.25, 0.3) is 0 Å². The zero-order valence-corrected chi connectivity index (χ0v) is 15.6. The minimum Gasteiger partial charge on any atom is -0.466 e. The van der Waals surface area contributed by atoms with E-state index in [2.05, 4.69) is 0 Å². The van der Waals surface area contributed by atoms with E-state index in [0.29, 0.717) is 11.5 Å². The highest BCUT2D eigenvalue weighted by atomic mass is 32.2. The van der Waals surface area contributed by atoms with E-state index < -0.39 is 35.1 Å². The largest absolute Gasteiger partial charge is 0.466 e. The molecule has 0 bridgehead atoms. The lowest BCUT2D eigenvalue weighted by molar-refractivity contribution is -0.155. The van der Waals surface area contributed by atoms with Gasteiger partial charge in [0.1, 0.15) is 23.0 Å². The van der Waals surface area contributed by atoms with E-state index in [9.17, 15) is 18.8 Å². The van der Waals surface area contributed by atoms with E-state index in [1.54, 1.807) is 12.1 Å². The number of carbonyl (C=O) groups is 3. The van der Waals surface area contributed by atoms with Gasteiger partial charge in [-0.25, -0.2) is 9.18 Å². The van der Waals surface area contributed by atoms with Crippen molar-refractivity contribution in [2.75, 3.05) is 5.75 Å². The first-order chi connectivity index (χ1) is 12.9. The predicted octanol–water partition coefficient (Wildman–Crippen LogP) is 3.20. The van der Waals surface area contributed by atoms with Gasteiger partial charge in [-0.3, -0.25) is 9.59 Å². The molecule has 0 aliphatic carbocycles. The van der Waals surface area contributed by atoms with Crippen molar-refractivity contribution in [3.05, 3.63) is 59.8 Å². The molecule has 1 aliphatic heterocycles. The number of amides is 1. The number of furan rings is 1. The van der Waals surface area contributed by atoms with Crippen molar-refractivity contribution in [1.82, 2.24) is 4.90 Å². The number of carbonyl (C=O) groups excluding carboxylic acids is 3. The first-order valence-corrected chi connectivity index (χ1v) is 9.37. The van der Waals surface area contributed by atoms with E-state index in [4.69, 9.17) is 9.15 Å². The second kappa shape index (κ2) is 7.96. The number of benzene rings is 1. The average molecular weight is 391 g/mol. The lowest BCUT2D eigenvalue weighted by atomic mass is 10.1. The zero-order valence-electron chi connectivity index (χ0n) is 14.8. The summed E-state index contributed by atoms with van der Waals surface area (Å²) >= 11 is 1.39. The molecule has 3 atom stereocenters. The smallest absolute Gasteiger partial charge is 0.330 e. The third-order valence-electron chi connectivity index (χ3n) is 4.21. The number of thioether (sulfide) groups is 1. The van der Waals surface area contributed by atoms with Crippen molar-refractivity contribution in [3.8, 4) is 0 Å². The van der Waals surface area contributed by atoms with Crippen LogP contribution in [0.4, 0.5) is 4.39 Å². The molecule has 1 aromatic carbocycles. The molecular formula is C19H18FNO5S. The van der Waals surface area contributed by atoms with Crippen LogP contribution in [0.2, 0.25) is 0 Å². The normalized spacial score (nSPS) is 20.3. The van der Waals surface area contributed by atoms with E-state index in [0.717, 1.165) is 0 Å². The summed E-state index contributed by atoms with van der Waals surface area (Å²) in [5, 5.41) is -0.418. The van der Waals surface area contributed by atoms with Crippen LogP contribution in [0.3, 0.4) is 0 Å². The first kappa shape index (κ1) is 19.2. The number of rotatable bonds is 5. The van der Waals surface area contributed by atoms with Crippen molar-refractivity contribution in [3.63, 3.8) is 0 Å². The van der Waals surface area contributed by atoms with Crippen molar-refractivity contribution in [1.29, 1.82) is 0 Å². The zero-order chi connectivity index (χ0) is 19.6. The fraction of sp³-hybridized carbons (Fsp3) is 0.316. The Kier molecular flexibility index (Phi) is 5.65. The number of hydrogen-bond acceptors (Lipinski definition) is 6. The SMILES string of the molecule is CC(=O)N1[C@@H](C(=O)O[C@H](C)C(=O)c2ccc(F)cc2)CS[C@@H]1c1ccco1. The van der Waals surface area contributed by atoms with E-state index in [1.807, 2.05) is 0 Å². The average Bonchev–Trinajstić information content (AvgIpc) is 3.30. The van der Waals surface area contributed by atoms with E-state index in [-0.39, 0.29) is 11.5 Å². The monoisotopic (exact) mass is 391 g/mol. The molecule has 0 saturated carbocycles. The minimum atomic E-state index is -1.05. The molecule has 142 valence electrons. The van der Waals surface area contributed by atoms with Crippen LogP contribution in [0.1, 0.15) is 35.3 Å². The maximum absolute atomic E-state index is 13.0. The second-order valence-electron chi connectivity index (χ2n) is 6.09. The van der Waals surface area contributed by atoms with Crippen molar-refractivity contribution in [2.45, 2.75) is 31.4 Å². The summed E-state index contributed by atoms with van der Waals surface area (Å²) in [7, 11) is 0. The Morgan fingerprint density at radius 2 is 1.96 bits per heavy atom. The van der Waals surface area contributed by atoms with Crippen LogP contribution < -0.4 is 0 Å². The molecule has 8 heteroatoms. The summed E-state index contributed by atoms with van der Waals surface area (Å²) in [6.07, 6.45) is 0.452. The Hall–Kier alpha value is -2.61. The van der Waals surface area contributed by atoms with Gasteiger partial charge in [-0.2, -0.15) is 0 Å². The molecule has 3 rings (SSSR count). The van der Waals surface area contributed by atoms with Gasteiger partial charge in [-0.15, -0.1) is 11.8 Å². The van der Waals surface area contributed by atoms with Gasteiger partial charge < -0.3 is 14.1 Å². The van der Waals surface area contributed by atoms with Crippen LogP contribution in [0.5, 0.6) is 0 Å². The Morgan fingerprint density at radius 3 is 2.56 bits per heavy atom. The van der Waals surface area contributed by atoms with Crippen LogP contribution in [-0.2, 0) is 14.3 Å². The standard InChI is InChI=1S/C19H18FNO5S/c1-11(17(23)13-5-7-14(20)8-6-13)26-19(24)15-10-27-18(21(15)12(2)22)16-4-3-9-25-16/h3-9,11,15,18H,10H2,1-2H3/t11-,15-,18-/m1/s1.